The maximum Gasteiger partial charge on any atom is 0.351 e. The van der Waals surface area contributed by atoms with Gasteiger partial charge in [0.2, 0.25) is 5.91 Å². The van der Waals surface area contributed by atoms with Gasteiger partial charge in [0.25, 0.3) is 0 Å². The Morgan fingerprint density at radius 3 is 2.47 bits per heavy atom. The maximum atomic E-state index is 15.1. The minimum absolute atomic E-state index is 0.115. The molecule has 38 heavy (non-hydrogen) atoms. The first-order valence-electron chi connectivity index (χ1n) is 12.6. The van der Waals surface area contributed by atoms with Crippen molar-refractivity contribution in [2.24, 2.45) is 0 Å². The fourth-order valence-electron chi connectivity index (χ4n) is 4.24. The number of rotatable bonds is 9. The molecule has 0 aromatic heterocycles. The summed E-state index contributed by atoms with van der Waals surface area (Å²) < 4.78 is 49.9. The number of ether oxygens (including phenoxy) is 1. The second kappa shape index (κ2) is 13.2. The first-order chi connectivity index (χ1) is 18.1. The molecule has 1 saturated carbocycles. The van der Waals surface area contributed by atoms with Crippen LogP contribution in [0.2, 0.25) is 0 Å². The molecular formula is C27H33F3N4O4. The number of amides is 4. The minimum atomic E-state index is -3.96. The highest BCUT2D eigenvalue weighted by molar-refractivity contribution is 5.93. The lowest BCUT2D eigenvalue weighted by atomic mass is 9.95. The molecule has 4 amide bonds. The molecule has 1 fully saturated rings. The van der Waals surface area contributed by atoms with Crippen LogP contribution in [0.1, 0.15) is 56.6 Å². The smallest absolute Gasteiger partial charge is 0.351 e. The van der Waals surface area contributed by atoms with Gasteiger partial charge in [-0.3, -0.25) is 15.0 Å². The van der Waals surface area contributed by atoms with Gasteiger partial charge in [-0.2, -0.15) is 8.78 Å². The van der Waals surface area contributed by atoms with Crippen molar-refractivity contribution in [2.75, 3.05) is 19.0 Å². The summed E-state index contributed by atoms with van der Waals surface area (Å²) in [6.45, 7) is 2.06. The summed E-state index contributed by atoms with van der Waals surface area (Å²) in [4.78, 5) is 37.2. The highest BCUT2D eigenvalue weighted by Crippen LogP contribution is 2.31. The Labute approximate surface area is 219 Å². The van der Waals surface area contributed by atoms with Gasteiger partial charge >= 0.3 is 17.9 Å². The quantitative estimate of drug-likeness (QED) is 0.399. The molecule has 8 nitrogen and oxygen atoms in total. The van der Waals surface area contributed by atoms with Crippen LogP contribution in [-0.2, 0) is 21.9 Å². The normalized spacial score (nSPS) is 13.9. The number of hydrogen-bond acceptors (Lipinski definition) is 4. The molecule has 0 aliphatic heterocycles. The van der Waals surface area contributed by atoms with E-state index in [0.29, 0.717) is 37.8 Å². The minimum Gasteiger partial charge on any atom is -0.497 e. The molecule has 2 aromatic rings. The van der Waals surface area contributed by atoms with Crippen LogP contribution in [-0.4, -0.2) is 42.6 Å². The predicted molar refractivity (Wildman–Crippen MR) is 136 cm³/mol. The molecule has 0 spiro atoms. The summed E-state index contributed by atoms with van der Waals surface area (Å²) in [5.74, 6) is -6.33. The standard InChI is InChI=1S/C27H33F3N4O4/c1-3-24(35)31-15-14-18-12-13-23(22(28)16-18)32-26(37)34(20-9-5-4-6-10-20)33-25(36)27(29,30)19-8-7-11-21(17-19)38-2/h7-8,11-13,16-17,20H,3-6,9-10,14-15H2,1-2H3,(H,31,35)(H,32,37)(H,33,36). The van der Waals surface area contributed by atoms with Gasteiger partial charge in [-0.05, 0) is 49.1 Å². The van der Waals surface area contributed by atoms with E-state index in [1.807, 2.05) is 0 Å². The number of hydrogen-bond donors (Lipinski definition) is 3. The monoisotopic (exact) mass is 534 g/mol. The van der Waals surface area contributed by atoms with Gasteiger partial charge in [-0.1, -0.05) is 44.4 Å². The number of carbonyl (C=O) groups excluding carboxylic acids is 3. The lowest BCUT2D eigenvalue weighted by Gasteiger charge is -2.35. The van der Waals surface area contributed by atoms with Crippen LogP contribution in [0.15, 0.2) is 42.5 Å². The fraction of sp³-hybridized carbons (Fsp3) is 0.444. The van der Waals surface area contributed by atoms with Crippen molar-refractivity contribution >= 4 is 23.5 Å². The number of alkyl halides is 2. The average molecular weight is 535 g/mol. The summed E-state index contributed by atoms with van der Waals surface area (Å²) in [6.07, 6.45) is 4.18. The van der Waals surface area contributed by atoms with E-state index < -0.39 is 35.3 Å². The molecule has 3 rings (SSSR count). The third-order valence-corrected chi connectivity index (χ3v) is 6.43. The lowest BCUT2D eigenvalue weighted by molar-refractivity contribution is -0.152. The van der Waals surface area contributed by atoms with Crippen molar-refractivity contribution in [3.8, 4) is 5.75 Å². The zero-order valence-corrected chi connectivity index (χ0v) is 21.5. The molecule has 0 saturated heterocycles. The van der Waals surface area contributed by atoms with E-state index in [-0.39, 0.29) is 17.3 Å². The Morgan fingerprint density at radius 1 is 1.08 bits per heavy atom. The summed E-state index contributed by atoms with van der Waals surface area (Å²) in [5.41, 5.74) is 1.94. The van der Waals surface area contributed by atoms with E-state index >= 15 is 8.78 Å². The van der Waals surface area contributed by atoms with Gasteiger partial charge in [-0.25, -0.2) is 14.2 Å². The van der Waals surface area contributed by atoms with Gasteiger partial charge < -0.3 is 15.4 Å². The van der Waals surface area contributed by atoms with Crippen molar-refractivity contribution in [3.05, 3.63) is 59.4 Å². The Kier molecular flexibility index (Phi) is 9.98. The molecule has 206 valence electrons. The van der Waals surface area contributed by atoms with Crippen LogP contribution in [0.3, 0.4) is 0 Å². The van der Waals surface area contributed by atoms with Crippen molar-refractivity contribution in [1.82, 2.24) is 15.8 Å². The number of anilines is 1. The summed E-state index contributed by atoms with van der Waals surface area (Å²) in [5, 5.41) is 5.95. The molecule has 0 unspecified atom stereocenters. The molecular weight excluding hydrogens is 501 g/mol. The third kappa shape index (κ3) is 7.39. The topological polar surface area (TPSA) is 99.8 Å². The van der Waals surface area contributed by atoms with Gasteiger partial charge in [0.05, 0.1) is 18.8 Å². The molecule has 2 aromatic carbocycles. The SMILES string of the molecule is CCC(=O)NCCc1ccc(NC(=O)N(NC(=O)C(F)(F)c2cccc(OC)c2)C2CCCCC2)c(F)c1. The van der Waals surface area contributed by atoms with Gasteiger partial charge in [0.1, 0.15) is 11.6 Å². The fourth-order valence-corrected chi connectivity index (χ4v) is 4.24. The molecule has 0 bridgehead atoms. The van der Waals surface area contributed by atoms with E-state index in [2.05, 4.69) is 16.1 Å². The molecule has 1 aliphatic carbocycles. The largest absolute Gasteiger partial charge is 0.497 e. The van der Waals surface area contributed by atoms with Crippen LogP contribution in [0.5, 0.6) is 5.75 Å². The number of hydrazine groups is 1. The molecule has 0 radical (unpaired) electrons. The highest BCUT2D eigenvalue weighted by Gasteiger charge is 2.43. The lowest BCUT2D eigenvalue weighted by Crippen LogP contribution is -2.57. The number of benzene rings is 2. The maximum absolute atomic E-state index is 15.1. The van der Waals surface area contributed by atoms with Gasteiger partial charge in [-0.15, -0.1) is 0 Å². The zero-order valence-electron chi connectivity index (χ0n) is 21.5. The number of halogens is 3. The Hall–Kier alpha value is -3.76. The Balaban J connectivity index is 1.74. The number of nitrogens with one attached hydrogen (secondary N) is 3. The average Bonchev–Trinajstić information content (AvgIpc) is 2.93. The van der Waals surface area contributed by atoms with Gasteiger partial charge in [0, 0.05) is 18.5 Å². The van der Waals surface area contributed by atoms with Crippen molar-refractivity contribution < 1.29 is 32.3 Å². The summed E-state index contributed by atoms with van der Waals surface area (Å²) >= 11 is 0. The van der Waals surface area contributed by atoms with E-state index in [1.54, 1.807) is 13.0 Å². The molecule has 11 heteroatoms. The number of urea groups is 1. The van der Waals surface area contributed by atoms with Crippen LogP contribution in [0.25, 0.3) is 0 Å². The van der Waals surface area contributed by atoms with E-state index in [4.69, 9.17) is 4.74 Å². The van der Waals surface area contributed by atoms with Crippen molar-refractivity contribution in [1.29, 1.82) is 0 Å². The van der Waals surface area contributed by atoms with Crippen LogP contribution in [0.4, 0.5) is 23.7 Å². The molecule has 1 aliphatic rings. The zero-order chi connectivity index (χ0) is 27.7. The second-order valence-electron chi connectivity index (χ2n) is 9.11. The number of methoxy groups -OCH3 is 1. The number of nitrogens with zero attached hydrogens (tertiary/aromatic N) is 1. The highest BCUT2D eigenvalue weighted by atomic mass is 19.3. The third-order valence-electron chi connectivity index (χ3n) is 6.43. The number of carbonyl (C=O) groups is 3. The van der Waals surface area contributed by atoms with Gasteiger partial charge in [0.15, 0.2) is 0 Å². The predicted octanol–water partition coefficient (Wildman–Crippen LogP) is 4.89. The molecule has 3 N–H and O–H groups in total. The first kappa shape index (κ1) is 28.8. The second-order valence-corrected chi connectivity index (χ2v) is 9.11. The molecule has 0 atom stereocenters. The molecule has 0 heterocycles. The van der Waals surface area contributed by atoms with E-state index in [1.165, 1.54) is 31.4 Å². The van der Waals surface area contributed by atoms with Crippen molar-refractivity contribution in [3.63, 3.8) is 0 Å². The summed E-state index contributed by atoms with van der Waals surface area (Å²) in [7, 11) is 1.32. The first-order valence-corrected chi connectivity index (χ1v) is 12.6. The summed E-state index contributed by atoms with van der Waals surface area (Å²) in [6, 6.07) is 7.69. The van der Waals surface area contributed by atoms with E-state index in [9.17, 15) is 18.8 Å². The van der Waals surface area contributed by atoms with Crippen LogP contribution < -0.4 is 20.8 Å². The van der Waals surface area contributed by atoms with E-state index in [0.717, 1.165) is 36.4 Å². The van der Waals surface area contributed by atoms with Crippen LogP contribution >= 0.6 is 0 Å². The Morgan fingerprint density at radius 2 is 1.82 bits per heavy atom. The Bertz CT molecular complexity index is 1140. The van der Waals surface area contributed by atoms with Crippen LogP contribution in [0, 0.1) is 5.82 Å². The van der Waals surface area contributed by atoms with Crippen molar-refractivity contribution in [2.45, 2.75) is 63.8 Å².